The van der Waals surface area contributed by atoms with Gasteiger partial charge in [-0.05, 0) is 12.8 Å². The summed E-state index contributed by atoms with van der Waals surface area (Å²) in [5, 5.41) is 19.9. The Kier molecular flexibility index (Phi) is 4.26. The molecule has 1 aliphatic carbocycles. The van der Waals surface area contributed by atoms with Gasteiger partial charge in [0.2, 0.25) is 5.91 Å². The average Bonchev–Trinajstić information content (AvgIpc) is 2.65. The predicted molar refractivity (Wildman–Crippen MR) is 56.7 cm³/mol. The number of carboxylic acid groups (broad SMARTS) is 1. The maximum atomic E-state index is 11.8. The quantitative estimate of drug-likeness (QED) is 0.494. The molecule has 5 N–H and O–H groups in total. The second-order valence-corrected chi connectivity index (χ2v) is 4.24. The van der Waals surface area contributed by atoms with Crippen LogP contribution in [0.1, 0.15) is 32.1 Å². The van der Waals surface area contributed by atoms with Gasteiger partial charge in [-0.1, -0.05) is 12.8 Å². The Balaban J connectivity index is 2.57. The summed E-state index contributed by atoms with van der Waals surface area (Å²) in [6.07, 6.45) is 2.95. The van der Waals surface area contributed by atoms with E-state index in [1.54, 1.807) is 0 Å². The minimum Gasteiger partial charge on any atom is -0.480 e. The van der Waals surface area contributed by atoms with Crippen LogP contribution in [0.4, 0.5) is 0 Å². The largest absolute Gasteiger partial charge is 0.480 e. The number of hydrogen-bond donors (Lipinski definition) is 4. The van der Waals surface area contributed by atoms with Gasteiger partial charge < -0.3 is 21.3 Å². The number of carbonyl (C=O) groups excluding carboxylic acids is 1. The van der Waals surface area contributed by atoms with E-state index < -0.39 is 23.5 Å². The average molecular weight is 230 g/mol. The van der Waals surface area contributed by atoms with Crippen LogP contribution in [0.5, 0.6) is 0 Å². The van der Waals surface area contributed by atoms with Gasteiger partial charge in [-0.25, -0.2) is 4.79 Å². The lowest BCUT2D eigenvalue weighted by Gasteiger charge is -2.24. The second-order valence-electron chi connectivity index (χ2n) is 4.24. The van der Waals surface area contributed by atoms with E-state index in [0.717, 1.165) is 12.8 Å². The number of hydrogen-bond acceptors (Lipinski definition) is 4. The number of aliphatic carboxylic acids is 1. The van der Waals surface area contributed by atoms with Gasteiger partial charge in [0, 0.05) is 13.0 Å². The molecule has 0 aliphatic heterocycles. The van der Waals surface area contributed by atoms with Crippen LogP contribution in [0.2, 0.25) is 0 Å². The van der Waals surface area contributed by atoms with E-state index >= 15 is 0 Å². The van der Waals surface area contributed by atoms with Gasteiger partial charge >= 0.3 is 5.97 Å². The number of aliphatic hydroxyl groups is 1. The molecule has 0 aromatic carbocycles. The highest BCUT2D eigenvalue weighted by Gasteiger charge is 2.38. The van der Waals surface area contributed by atoms with Crippen molar-refractivity contribution in [1.82, 2.24) is 5.32 Å². The lowest BCUT2D eigenvalue weighted by Crippen LogP contribution is -2.56. The van der Waals surface area contributed by atoms with Crippen molar-refractivity contribution in [2.24, 2.45) is 5.73 Å². The molecule has 0 saturated heterocycles. The van der Waals surface area contributed by atoms with Crippen LogP contribution >= 0.6 is 0 Å². The highest BCUT2D eigenvalue weighted by Crippen LogP contribution is 2.27. The first-order valence-corrected chi connectivity index (χ1v) is 5.43. The van der Waals surface area contributed by atoms with E-state index in [-0.39, 0.29) is 13.0 Å². The minimum atomic E-state index is -1.15. The molecule has 1 atom stereocenters. The summed E-state index contributed by atoms with van der Waals surface area (Å²) >= 11 is 0. The van der Waals surface area contributed by atoms with Gasteiger partial charge in [0.1, 0.15) is 6.04 Å². The van der Waals surface area contributed by atoms with Crippen molar-refractivity contribution in [3.05, 3.63) is 0 Å². The number of amides is 1. The van der Waals surface area contributed by atoms with E-state index in [4.69, 9.17) is 15.9 Å². The first-order valence-electron chi connectivity index (χ1n) is 5.43. The molecule has 0 radical (unpaired) electrons. The molecule has 6 nitrogen and oxygen atoms in total. The van der Waals surface area contributed by atoms with E-state index in [2.05, 4.69) is 5.32 Å². The van der Waals surface area contributed by atoms with Crippen molar-refractivity contribution in [3.8, 4) is 0 Å². The molecule has 1 aliphatic rings. The molecule has 1 unspecified atom stereocenters. The molecule has 0 heterocycles. The molecule has 92 valence electrons. The number of aliphatic hydroxyl groups excluding tert-OH is 1. The van der Waals surface area contributed by atoms with Crippen LogP contribution in [0.15, 0.2) is 0 Å². The molecule has 0 spiro atoms. The van der Waals surface area contributed by atoms with Crippen LogP contribution in [0.25, 0.3) is 0 Å². The van der Waals surface area contributed by atoms with E-state index in [1.165, 1.54) is 0 Å². The van der Waals surface area contributed by atoms with Crippen LogP contribution in [-0.4, -0.2) is 40.3 Å². The second kappa shape index (κ2) is 5.27. The van der Waals surface area contributed by atoms with Gasteiger partial charge in [-0.3, -0.25) is 4.79 Å². The standard InChI is InChI=1S/C10H18N2O4/c11-10(4-1-2-5-10)9(16)12-7(3-6-13)8(14)15/h7,13H,1-6,11H2,(H,12,16)(H,14,15). The minimum absolute atomic E-state index is 0.00282. The number of carbonyl (C=O) groups is 2. The highest BCUT2D eigenvalue weighted by molar-refractivity contribution is 5.90. The van der Waals surface area contributed by atoms with Gasteiger partial charge in [-0.2, -0.15) is 0 Å². The maximum Gasteiger partial charge on any atom is 0.326 e. The SMILES string of the molecule is NC1(C(=O)NC(CCO)C(=O)O)CCCC1. The summed E-state index contributed by atoms with van der Waals surface area (Å²) in [5.41, 5.74) is 4.95. The summed E-state index contributed by atoms with van der Waals surface area (Å²) in [6.45, 7) is -0.283. The summed E-state index contributed by atoms with van der Waals surface area (Å²) in [4.78, 5) is 22.6. The Morgan fingerprint density at radius 2 is 1.94 bits per heavy atom. The van der Waals surface area contributed by atoms with Crippen molar-refractivity contribution in [1.29, 1.82) is 0 Å². The summed E-state index contributed by atoms with van der Waals surface area (Å²) in [5.74, 6) is -1.57. The molecule has 1 amide bonds. The zero-order chi connectivity index (χ0) is 12.2. The molecular formula is C10H18N2O4. The van der Waals surface area contributed by atoms with Crippen molar-refractivity contribution < 1.29 is 19.8 Å². The Labute approximate surface area is 93.8 Å². The number of carboxylic acids is 1. The first-order chi connectivity index (χ1) is 7.49. The third-order valence-electron chi connectivity index (χ3n) is 2.97. The molecule has 16 heavy (non-hydrogen) atoms. The van der Waals surface area contributed by atoms with Crippen molar-refractivity contribution in [3.63, 3.8) is 0 Å². The molecule has 1 fully saturated rings. The first kappa shape index (κ1) is 12.9. The monoisotopic (exact) mass is 230 g/mol. The van der Waals surface area contributed by atoms with E-state index in [1.807, 2.05) is 0 Å². The lowest BCUT2D eigenvalue weighted by molar-refractivity contribution is -0.143. The Hall–Kier alpha value is -1.14. The van der Waals surface area contributed by atoms with Crippen molar-refractivity contribution >= 4 is 11.9 Å². The smallest absolute Gasteiger partial charge is 0.326 e. The number of nitrogens with one attached hydrogen (secondary N) is 1. The lowest BCUT2D eigenvalue weighted by atomic mass is 9.97. The van der Waals surface area contributed by atoms with Crippen LogP contribution < -0.4 is 11.1 Å². The molecule has 1 rings (SSSR count). The van der Waals surface area contributed by atoms with Gasteiger partial charge in [-0.15, -0.1) is 0 Å². The fourth-order valence-electron chi connectivity index (χ4n) is 1.92. The summed E-state index contributed by atoms with van der Waals surface area (Å²) in [7, 11) is 0. The summed E-state index contributed by atoms with van der Waals surface area (Å²) < 4.78 is 0. The molecule has 0 aromatic rings. The third-order valence-corrected chi connectivity index (χ3v) is 2.97. The van der Waals surface area contributed by atoms with E-state index in [0.29, 0.717) is 12.8 Å². The topological polar surface area (TPSA) is 113 Å². The fraction of sp³-hybridized carbons (Fsp3) is 0.800. The number of nitrogens with two attached hydrogens (primary N) is 1. The zero-order valence-electron chi connectivity index (χ0n) is 9.11. The van der Waals surface area contributed by atoms with Crippen molar-refractivity contribution in [2.45, 2.75) is 43.7 Å². The van der Waals surface area contributed by atoms with Crippen LogP contribution in [-0.2, 0) is 9.59 Å². The Morgan fingerprint density at radius 1 is 1.38 bits per heavy atom. The molecule has 1 saturated carbocycles. The zero-order valence-corrected chi connectivity index (χ0v) is 9.11. The van der Waals surface area contributed by atoms with Gasteiger partial charge in [0.05, 0.1) is 5.54 Å². The third kappa shape index (κ3) is 2.93. The maximum absolute atomic E-state index is 11.8. The van der Waals surface area contributed by atoms with Crippen molar-refractivity contribution in [2.75, 3.05) is 6.61 Å². The van der Waals surface area contributed by atoms with Crippen LogP contribution in [0.3, 0.4) is 0 Å². The Bertz CT molecular complexity index is 274. The molecular weight excluding hydrogens is 212 g/mol. The fourth-order valence-corrected chi connectivity index (χ4v) is 1.92. The summed E-state index contributed by atoms with van der Waals surface area (Å²) in [6, 6.07) is -1.06. The normalized spacial score (nSPS) is 20.4. The molecule has 0 aromatic heterocycles. The Morgan fingerprint density at radius 3 is 2.38 bits per heavy atom. The van der Waals surface area contributed by atoms with Crippen LogP contribution in [0, 0.1) is 0 Å². The number of rotatable bonds is 5. The molecule has 6 heteroatoms. The van der Waals surface area contributed by atoms with Gasteiger partial charge in [0.25, 0.3) is 0 Å². The highest BCUT2D eigenvalue weighted by atomic mass is 16.4. The molecule has 0 bridgehead atoms. The van der Waals surface area contributed by atoms with E-state index in [9.17, 15) is 9.59 Å². The van der Waals surface area contributed by atoms with Gasteiger partial charge in [0.15, 0.2) is 0 Å². The predicted octanol–water partition coefficient (Wildman–Crippen LogP) is -0.790.